The van der Waals surface area contributed by atoms with Crippen molar-refractivity contribution in [2.45, 2.75) is 83.7 Å². The number of rotatable bonds is 9. The number of piperazine rings is 1. The highest BCUT2D eigenvalue weighted by atomic mass is 15.2. The van der Waals surface area contributed by atoms with Crippen LogP contribution >= 0.6 is 0 Å². The summed E-state index contributed by atoms with van der Waals surface area (Å²) in [7, 11) is 0. The van der Waals surface area contributed by atoms with Crippen LogP contribution in [0.3, 0.4) is 0 Å². The molecule has 112 valence electrons. The van der Waals surface area contributed by atoms with Crippen LogP contribution in [0.1, 0.15) is 71.6 Å². The molecule has 1 aliphatic carbocycles. The van der Waals surface area contributed by atoms with Gasteiger partial charge in [-0.25, -0.2) is 0 Å². The van der Waals surface area contributed by atoms with Gasteiger partial charge < -0.3 is 5.32 Å². The summed E-state index contributed by atoms with van der Waals surface area (Å²) in [6.45, 7) is 8.51. The third-order valence-corrected chi connectivity index (χ3v) is 5.00. The van der Waals surface area contributed by atoms with Gasteiger partial charge in [0.25, 0.3) is 0 Å². The van der Waals surface area contributed by atoms with Crippen molar-refractivity contribution in [3.8, 4) is 0 Å². The zero-order valence-electron chi connectivity index (χ0n) is 13.2. The van der Waals surface area contributed by atoms with E-state index in [1.54, 1.807) is 0 Å². The van der Waals surface area contributed by atoms with E-state index in [9.17, 15) is 0 Å². The molecule has 1 N–H and O–H groups in total. The van der Waals surface area contributed by atoms with Crippen LogP contribution in [0.2, 0.25) is 0 Å². The van der Waals surface area contributed by atoms with Crippen molar-refractivity contribution in [2.75, 3.05) is 19.6 Å². The molecule has 0 amide bonds. The van der Waals surface area contributed by atoms with Gasteiger partial charge >= 0.3 is 0 Å². The van der Waals surface area contributed by atoms with Crippen LogP contribution in [-0.4, -0.2) is 36.6 Å². The summed E-state index contributed by atoms with van der Waals surface area (Å²) < 4.78 is 0. The molecule has 2 atom stereocenters. The Balaban J connectivity index is 1.65. The summed E-state index contributed by atoms with van der Waals surface area (Å²) in [5.74, 6) is 1.02. The van der Waals surface area contributed by atoms with Gasteiger partial charge in [-0.05, 0) is 38.1 Å². The minimum absolute atomic E-state index is 0.745. The average molecular weight is 266 g/mol. The molecule has 0 aromatic carbocycles. The van der Waals surface area contributed by atoms with Crippen LogP contribution in [0.4, 0.5) is 0 Å². The molecule has 1 saturated heterocycles. The molecule has 2 rings (SSSR count). The van der Waals surface area contributed by atoms with Crippen molar-refractivity contribution in [3.63, 3.8) is 0 Å². The maximum Gasteiger partial charge on any atom is 0.0249 e. The number of nitrogens with one attached hydrogen (secondary N) is 1. The van der Waals surface area contributed by atoms with Gasteiger partial charge in [0, 0.05) is 25.2 Å². The zero-order chi connectivity index (χ0) is 13.5. The summed E-state index contributed by atoms with van der Waals surface area (Å²) in [6.07, 6.45) is 12.8. The van der Waals surface area contributed by atoms with Crippen LogP contribution in [-0.2, 0) is 0 Å². The van der Waals surface area contributed by atoms with Crippen molar-refractivity contribution in [1.82, 2.24) is 10.2 Å². The van der Waals surface area contributed by atoms with Gasteiger partial charge in [-0.2, -0.15) is 0 Å². The molecule has 0 aromatic heterocycles. The van der Waals surface area contributed by atoms with Crippen molar-refractivity contribution in [1.29, 1.82) is 0 Å². The molecule has 0 radical (unpaired) electrons. The minimum Gasteiger partial charge on any atom is -0.311 e. The van der Waals surface area contributed by atoms with Crippen LogP contribution in [0, 0.1) is 5.92 Å². The van der Waals surface area contributed by atoms with Gasteiger partial charge in [0.2, 0.25) is 0 Å². The molecule has 2 nitrogen and oxygen atoms in total. The van der Waals surface area contributed by atoms with Gasteiger partial charge in [-0.3, -0.25) is 4.90 Å². The highest BCUT2D eigenvalue weighted by Gasteiger charge is 2.37. The highest BCUT2D eigenvalue weighted by Crippen LogP contribution is 2.36. The van der Waals surface area contributed by atoms with E-state index in [0.29, 0.717) is 0 Å². The van der Waals surface area contributed by atoms with Crippen LogP contribution in [0.25, 0.3) is 0 Å². The first-order chi connectivity index (χ1) is 9.35. The van der Waals surface area contributed by atoms with E-state index in [0.717, 1.165) is 18.0 Å². The van der Waals surface area contributed by atoms with E-state index in [-0.39, 0.29) is 0 Å². The number of unbranched alkanes of at least 4 members (excludes halogenated alkanes) is 5. The maximum atomic E-state index is 3.75. The first-order valence-electron chi connectivity index (χ1n) is 8.82. The standard InChI is InChI=1S/C17H34N2/c1-3-5-6-7-8-9-12-19-14-16(4-2)18-13-17(19)15-10-11-15/h15-18H,3-14H2,1-2H3. The normalized spacial score (nSPS) is 28.7. The molecule has 2 fully saturated rings. The Bertz CT molecular complexity index is 237. The summed E-state index contributed by atoms with van der Waals surface area (Å²) in [4.78, 5) is 2.82. The van der Waals surface area contributed by atoms with Crippen molar-refractivity contribution in [3.05, 3.63) is 0 Å². The average Bonchev–Trinajstić information content (AvgIpc) is 3.27. The molecule has 1 heterocycles. The third-order valence-electron chi connectivity index (χ3n) is 5.00. The van der Waals surface area contributed by atoms with Gasteiger partial charge in [-0.15, -0.1) is 0 Å². The molecular weight excluding hydrogens is 232 g/mol. The predicted molar refractivity (Wildman–Crippen MR) is 83.5 cm³/mol. The van der Waals surface area contributed by atoms with E-state index in [1.807, 2.05) is 0 Å². The Morgan fingerprint density at radius 3 is 2.42 bits per heavy atom. The fourth-order valence-electron chi connectivity index (χ4n) is 3.47. The van der Waals surface area contributed by atoms with Crippen molar-refractivity contribution < 1.29 is 0 Å². The second-order valence-corrected chi connectivity index (χ2v) is 6.68. The first kappa shape index (κ1) is 15.3. The molecule has 2 aliphatic rings. The lowest BCUT2D eigenvalue weighted by Gasteiger charge is -2.40. The maximum absolute atomic E-state index is 3.75. The van der Waals surface area contributed by atoms with Crippen molar-refractivity contribution in [2.24, 2.45) is 5.92 Å². The first-order valence-corrected chi connectivity index (χ1v) is 8.82. The van der Waals surface area contributed by atoms with Crippen LogP contribution in [0.15, 0.2) is 0 Å². The Labute approximate surface area is 120 Å². The molecule has 1 saturated carbocycles. The lowest BCUT2D eigenvalue weighted by Crippen LogP contribution is -2.57. The minimum atomic E-state index is 0.745. The predicted octanol–water partition coefficient (Wildman–Crippen LogP) is 3.81. The summed E-state index contributed by atoms with van der Waals surface area (Å²) in [5, 5.41) is 3.75. The van der Waals surface area contributed by atoms with Gasteiger partial charge in [0.1, 0.15) is 0 Å². The third kappa shape index (κ3) is 5.07. The van der Waals surface area contributed by atoms with Crippen LogP contribution in [0.5, 0.6) is 0 Å². The SMILES string of the molecule is CCCCCCCCN1CC(CC)NCC1C1CC1. The summed E-state index contributed by atoms with van der Waals surface area (Å²) in [6, 6.07) is 1.61. The fourth-order valence-corrected chi connectivity index (χ4v) is 3.47. The second kappa shape index (κ2) is 8.26. The Kier molecular flexibility index (Phi) is 6.66. The Hall–Kier alpha value is -0.0800. The fraction of sp³-hybridized carbons (Fsp3) is 1.00. The molecule has 2 heteroatoms. The Morgan fingerprint density at radius 2 is 1.74 bits per heavy atom. The highest BCUT2D eigenvalue weighted by molar-refractivity contribution is 4.94. The molecule has 0 bridgehead atoms. The van der Waals surface area contributed by atoms with Gasteiger partial charge in [-0.1, -0.05) is 46.0 Å². The van der Waals surface area contributed by atoms with Gasteiger partial charge in [0.05, 0.1) is 0 Å². The molecule has 19 heavy (non-hydrogen) atoms. The monoisotopic (exact) mass is 266 g/mol. The zero-order valence-corrected chi connectivity index (χ0v) is 13.2. The lowest BCUT2D eigenvalue weighted by atomic mass is 10.0. The van der Waals surface area contributed by atoms with E-state index < -0.39 is 0 Å². The molecule has 0 spiro atoms. The van der Waals surface area contributed by atoms with E-state index in [2.05, 4.69) is 24.1 Å². The van der Waals surface area contributed by atoms with E-state index >= 15 is 0 Å². The van der Waals surface area contributed by atoms with Crippen molar-refractivity contribution >= 4 is 0 Å². The van der Waals surface area contributed by atoms with E-state index in [1.165, 1.54) is 77.4 Å². The van der Waals surface area contributed by atoms with E-state index in [4.69, 9.17) is 0 Å². The quantitative estimate of drug-likeness (QED) is 0.638. The van der Waals surface area contributed by atoms with Gasteiger partial charge in [0.15, 0.2) is 0 Å². The molecule has 0 aromatic rings. The number of hydrogen-bond acceptors (Lipinski definition) is 2. The molecule has 1 aliphatic heterocycles. The summed E-state index contributed by atoms with van der Waals surface area (Å²) >= 11 is 0. The summed E-state index contributed by atoms with van der Waals surface area (Å²) in [5.41, 5.74) is 0. The van der Waals surface area contributed by atoms with Crippen LogP contribution < -0.4 is 5.32 Å². The molecular formula is C17H34N2. The topological polar surface area (TPSA) is 15.3 Å². The largest absolute Gasteiger partial charge is 0.311 e. The molecule has 2 unspecified atom stereocenters. The smallest absolute Gasteiger partial charge is 0.0249 e. The second-order valence-electron chi connectivity index (χ2n) is 6.68. The lowest BCUT2D eigenvalue weighted by molar-refractivity contribution is 0.111. The number of nitrogens with zero attached hydrogens (tertiary/aromatic N) is 1. The Morgan fingerprint density at radius 1 is 1.00 bits per heavy atom. The number of hydrogen-bond donors (Lipinski definition) is 1.